The van der Waals surface area contributed by atoms with E-state index < -0.39 is 0 Å². The third kappa shape index (κ3) is 5.07. The largest absolute Gasteiger partial charge is 0.331 e. The number of likely N-dealkylation sites (tertiary alicyclic amines) is 1. The molecular formula is C15H25N5O2S2. The smallest absolute Gasteiger partial charge is 0.319 e. The van der Waals surface area contributed by atoms with Crippen LogP contribution in [0.15, 0.2) is 4.34 Å². The van der Waals surface area contributed by atoms with Gasteiger partial charge in [-0.3, -0.25) is 4.79 Å². The van der Waals surface area contributed by atoms with E-state index in [0.717, 1.165) is 10.8 Å². The topological polar surface area (TPSA) is 78.4 Å². The highest BCUT2D eigenvalue weighted by atomic mass is 32.2. The molecule has 24 heavy (non-hydrogen) atoms. The molecule has 0 unspecified atom stereocenters. The molecule has 1 aromatic heterocycles. The highest BCUT2D eigenvalue weighted by Crippen LogP contribution is 2.30. The Morgan fingerprint density at radius 3 is 2.62 bits per heavy atom. The maximum atomic E-state index is 12.4. The van der Waals surface area contributed by atoms with Gasteiger partial charge in [0, 0.05) is 38.4 Å². The number of anilines is 1. The number of aromatic nitrogens is 2. The SMILES string of the molecule is CC[C@H](C)Sc1nnc(NC(=O)C2CCN(C(=O)N(C)C)CC2)s1. The Kier molecular flexibility index (Phi) is 6.85. The van der Waals surface area contributed by atoms with Crippen LogP contribution in [0.25, 0.3) is 0 Å². The normalized spacial score (nSPS) is 16.8. The lowest BCUT2D eigenvalue weighted by Crippen LogP contribution is -2.45. The van der Waals surface area contributed by atoms with Crippen molar-refractivity contribution in [3.63, 3.8) is 0 Å². The first-order valence-corrected chi connectivity index (χ1v) is 9.87. The van der Waals surface area contributed by atoms with Gasteiger partial charge in [-0.05, 0) is 19.3 Å². The summed E-state index contributed by atoms with van der Waals surface area (Å²) in [5, 5.41) is 12.1. The van der Waals surface area contributed by atoms with Gasteiger partial charge >= 0.3 is 6.03 Å². The number of nitrogens with zero attached hydrogens (tertiary/aromatic N) is 4. The first-order valence-electron chi connectivity index (χ1n) is 8.18. The molecule has 1 fully saturated rings. The highest BCUT2D eigenvalue weighted by molar-refractivity contribution is 8.01. The van der Waals surface area contributed by atoms with Gasteiger partial charge in [0.25, 0.3) is 0 Å². The highest BCUT2D eigenvalue weighted by Gasteiger charge is 2.28. The second-order valence-electron chi connectivity index (χ2n) is 6.14. The third-order valence-electron chi connectivity index (χ3n) is 4.03. The second kappa shape index (κ2) is 8.66. The third-order valence-corrected chi connectivity index (χ3v) is 6.22. The molecule has 1 N–H and O–H groups in total. The van der Waals surface area contributed by atoms with E-state index in [4.69, 9.17) is 0 Å². The number of thioether (sulfide) groups is 1. The molecule has 9 heteroatoms. The average Bonchev–Trinajstić information content (AvgIpc) is 3.00. The van der Waals surface area contributed by atoms with Crippen molar-refractivity contribution in [2.24, 2.45) is 5.92 Å². The number of hydrogen-bond acceptors (Lipinski definition) is 6. The van der Waals surface area contributed by atoms with E-state index in [2.05, 4.69) is 29.4 Å². The van der Waals surface area contributed by atoms with Gasteiger partial charge in [0.15, 0.2) is 4.34 Å². The van der Waals surface area contributed by atoms with Crippen LogP contribution in [0.4, 0.5) is 9.93 Å². The Balaban J connectivity index is 1.82. The molecule has 7 nitrogen and oxygen atoms in total. The zero-order valence-corrected chi connectivity index (χ0v) is 16.2. The van der Waals surface area contributed by atoms with Crippen LogP contribution in [0, 0.1) is 5.92 Å². The van der Waals surface area contributed by atoms with E-state index in [1.807, 2.05) is 0 Å². The number of urea groups is 1. The zero-order chi connectivity index (χ0) is 17.7. The van der Waals surface area contributed by atoms with E-state index in [1.54, 1.807) is 35.7 Å². The van der Waals surface area contributed by atoms with E-state index in [9.17, 15) is 9.59 Å². The molecular weight excluding hydrogens is 346 g/mol. The number of carbonyl (C=O) groups excluding carboxylic acids is 2. The maximum Gasteiger partial charge on any atom is 0.319 e. The minimum Gasteiger partial charge on any atom is -0.331 e. The van der Waals surface area contributed by atoms with Crippen molar-refractivity contribution in [3.05, 3.63) is 0 Å². The molecule has 134 valence electrons. The fourth-order valence-electron chi connectivity index (χ4n) is 2.39. The maximum absolute atomic E-state index is 12.4. The molecule has 1 aromatic rings. The minimum atomic E-state index is -0.0780. The van der Waals surface area contributed by atoms with Crippen LogP contribution in [0.2, 0.25) is 0 Å². The molecule has 1 aliphatic rings. The van der Waals surface area contributed by atoms with Crippen LogP contribution < -0.4 is 5.32 Å². The van der Waals surface area contributed by atoms with Gasteiger partial charge in [-0.2, -0.15) is 0 Å². The van der Waals surface area contributed by atoms with Gasteiger partial charge in [-0.25, -0.2) is 4.79 Å². The van der Waals surface area contributed by atoms with Crippen LogP contribution in [0.5, 0.6) is 0 Å². The van der Waals surface area contributed by atoms with Gasteiger partial charge in [0.2, 0.25) is 11.0 Å². The predicted molar refractivity (Wildman–Crippen MR) is 97.5 cm³/mol. The zero-order valence-electron chi connectivity index (χ0n) is 14.6. The monoisotopic (exact) mass is 371 g/mol. The van der Waals surface area contributed by atoms with Crippen molar-refractivity contribution in [2.75, 3.05) is 32.5 Å². The Labute approximate surface area is 151 Å². The van der Waals surface area contributed by atoms with Crippen molar-refractivity contribution in [1.82, 2.24) is 20.0 Å². The van der Waals surface area contributed by atoms with Crippen molar-refractivity contribution in [3.8, 4) is 0 Å². The minimum absolute atomic E-state index is 0.00434. The van der Waals surface area contributed by atoms with Gasteiger partial charge in [0.05, 0.1) is 0 Å². The van der Waals surface area contributed by atoms with Gasteiger partial charge in [0.1, 0.15) is 0 Å². The molecule has 0 spiro atoms. The van der Waals surface area contributed by atoms with Crippen LogP contribution in [0.1, 0.15) is 33.1 Å². The first kappa shape index (κ1) is 19.0. The Morgan fingerprint density at radius 1 is 1.38 bits per heavy atom. The fourth-order valence-corrected chi connectivity index (χ4v) is 4.39. The molecule has 2 rings (SSSR count). The van der Waals surface area contributed by atoms with Crippen LogP contribution in [0.3, 0.4) is 0 Å². The van der Waals surface area contributed by atoms with E-state index in [-0.39, 0.29) is 17.9 Å². The van der Waals surface area contributed by atoms with Crippen LogP contribution in [-0.4, -0.2) is 64.4 Å². The molecule has 0 aromatic carbocycles. The lowest BCUT2D eigenvalue weighted by atomic mass is 9.96. The van der Waals surface area contributed by atoms with Crippen LogP contribution in [-0.2, 0) is 4.79 Å². The molecule has 1 aliphatic heterocycles. The molecule has 1 saturated heterocycles. The van der Waals surface area contributed by atoms with Crippen molar-refractivity contribution in [2.45, 2.75) is 42.7 Å². The number of rotatable bonds is 5. The number of amides is 3. The number of nitrogens with one attached hydrogen (secondary N) is 1. The van der Waals surface area contributed by atoms with E-state index >= 15 is 0 Å². The van der Waals surface area contributed by atoms with Crippen LogP contribution >= 0.6 is 23.1 Å². The summed E-state index contributed by atoms with van der Waals surface area (Å²) in [6.45, 7) is 5.50. The fraction of sp³-hybridized carbons (Fsp3) is 0.733. The summed E-state index contributed by atoms with van der Waals surface area (Å²) in [7, 11) is 3.48. The summed E-state index contributed by atoms with van der Waals surface area (Å²) < 4.78 is 0.881. The Bertz CT molecular complexity index is 570. The van der Waals surface area contributed by atoms with Crippen molar-refractivity contribution >= 4 is 40.2 Å². The Hall–Kier alpha value is -1.35. The molecule has 0 radical (unpaired) electrons. The summed E-state index contributed by atoms with van der Waals surface area (Å²) in [5.41, 5.74) is 0. The van der Waals surface area contributed by atoms with Crippen molar-refractivity contribution < 1.29 is 9.59 Å². The van der Waals surface area contributed by atoms with Gasteiger partial charge in [-0.15, -0.1) is 10.2 Å². The summed E-state index contributed by atoms with van der Waals surface area (Å²) in [6.07, 6.45) is 2.42. The summed E-state index contributed by atoms with van der Waals surface area (Å²) in [4.78, 5) is 27.6. The van der Waals surface area contributed by atoms with E-state index in [0.29, 0.717) is 36.3 Å². The van der Waals surface area contributed by atoms with Crippen molar-refractivity contribution in [1.29, 1.82) is 0 Å². The first-order chi connectivity index (χ1) is 11.4. The van der Waals surface area contributed by atoms with Gasteiger partial charge in [-0.1, -0.05) is 36.9 Å². The average molecular weight is 372 g/mol. The molecule has 2 heterocycles. The second-order valence-corrected chi connectivity index (χ2v) is 8.80. The molecule has 0 aliphatic carbocycles. The standard InChI is InChI=1S/C15H25N5O2S2/c1-5-10(2)23-14-18-17-13(24-14)16-12(21)11-6-8-20(9-7-11)15(22)19(3)4/h10-11H,5-9H2,1-4H3,(H,16,17,21)/t10-/m0/s1. The number of piperidine rings is 1. The lowest BCUT2D eigenvalue weighted by Gasteiger charge is -2.32. The molecule has 0 saturated carbocycles. The molecule has 0 bridgehead atoms. The quantitative estimate of drug-likeness (QED) is 0.636. The number of carbonyl (C=O) groups is 2. The van der Waals surface area contributed by atoms with Gasteiger partial charge < -0.3 is 15.1 Å². The molecule has 1 atom stereocenters. The summed E-state index contributed by atoms with van der Waals surface area (Å²) in [5.74, 6) is -0.103. The number of hydrogen-bond donors (Lipinski definition) is 1. The summed E-state index contributed by atoms with van der Waals surface area (Å²) >= 11 is 3.09. The van der Waals surface area contributed by atoms with E-state index in [1.165, 1.54) is 11.3 Å². The molecule has 3 amide bonds. The summed E-state index contributed by atoms with van der Waals surface area (Å²) in [6, 6.07) is 0.00434. The lowest BCUT2D eigenvalue weighted by molar-refractivity contribution is -0.121. The Morgan fingerprint density at radius 2 is 2.04 bits per heavy atom. The predicted octanol–water partition coefficient (Wildman–Crippen LogP) is 2.76.